The molecule has 3 rings (SSSR count). The number of carbonyl (C=O) groups excluding carboxylic acids is 1. The highest BCUT2D eigenvalue weighted by molar-refractivity contribution is 5.97. The molecule has 1 aromatic carbocycles. The lowest BCUT2D eigenvalue weighted by Gasteiger charge is -2.29. The number of azide groups is 1. The van der Waals surface area contributed by atoms with E-state index in [1.807, 2.05) is 17.0 Å². The third kappa shape index (κ3) is 1.93. The van der Waals surface area contributed by atoms with E-state index in [1.165, 1.54) is 0 Å². The van der Waals surface area contributed by atoms with E-state index in [2.05, 4.69) is 10.0 Å². The van der Waals surface area contributed by atoms with Gasteiger partial charge in [0, 0.05) is 28.7 Å². The molecule has 92 valence electrons. The van der Waals surface area contributed by atoms with Gasteiger partial charge in [0.15, 0.2) is 0 Å². The van der Waals surface area contributed by atoms with E-state index in [-0.39, 0.29) is 11.8 Å². The van der Waals surface area contributed by atoms with Crippen molar-refractivity contribution in [3.63, 3.8) is 0 Å². The zero-order chi connectivity index (χ0) is 12.5. The fourth-order valence-corrected chi connectivity index (χ4v) is 2.48. The highest BCUT2D eigenvalue weighted by Crippen LogP contribution is 2.36. The number of amides is 1. The van der Waals surface area contributed by atoms with Crippen LogP contribution in [-0.2, 0) is 11.2 Å². The Kier molecular flexibility index (Phi) is 2.68. The summed E-state index contributed by atoms with van der Waals surface area (Å²) in [6, 6.07) is 5.57. The molecule has 1 aliphatic carbocycles. The number of rotatable bonds is 2. The molecule has 1 fully saturated rings. The Hall–Kier alpha value is -2.00. The Bertz CT molecular complexity index is 544. The summed E-state index contributed by atoms with van der Waals surface area (Å²) in [7, 11) is 0. The molecule has 5 heteroatoms. The van der Waals surface area contributed by atoms with Gasteiger partial charge in [0.05, 0.1) is 0 Å². The van der Waals surface area contributed by atoms with Gasteiger partial charge in [0.2, 0.25) is 5.91 Å². The van der Waals surface area contributed by atoms with Crippen molar-refractivity contribution in [2.45, 2.75) is 25.7 Å². The van der Waals surface area contributed by atoms with Crippen LogP contribution in [0.5, 0.6) is 0 Å². The van der Waals surface area contributed by atoms with Gasteiger partial charge in [-0.2, -0.15) is 0 Å². The molecular weight excluding hydrogens is 228 g/mol. The molecule has 18 heavy (non-hydrogen) atoms. The highest BCUT2D eigenvalue weighted by Gasteiger charge is 2.35. The molecule has 0 unspecified atom stereocenters. The van der Waals surface area contributed by atoms with Crippen LogP contribution in [0, 0.1) is 5.92 Å². The van der Waals surface area contributed by atoms with E-state index in [1.54, 1.807) is 6.07 Å². The Morgan fingerprint density at radius 3 is 3.00 bits per heavy atom. The topological polar surface area (TPSA) is 69.1 Å². The number of benzene rings is 1. The van der Waals surface area contributed by atoms with Gasteiger partial charge in [-0.05, 0) is 48.9 Å². The summed E-state index contributed by atoms with van der Waals surface area (Å²) in [6.45, 7) is 0.809. The van der Waals surface area contributed by atoms with E-state index in [0.29, 0.717) is 5.69 Å². The summed E-state index contributed by atoms with van der Waals surface area (Å²) in [5.41, 5.74) is 11.2. The molecule has 0 N–H and O–H groups in total. The molecule has 2 aliphatic rings. The SMILES string of the molecule is [N-]=[N+]=Nc1ccc2c(c1)CCCN2C(=O)C1CC1. The Labute approximate surface area is 105 Å². The second kappa shape index (κ2) is 4.35. The van der Waals surface area contributed by atoms with Crippen LogP contribution in [0.3, 0.4) is 0 Å². The molecule has 1 saturated carbocycles. The number of fused-ring (bicyclic) bond motifs is 1. The first-order valence-electron chi connectivity index (χ1n) is 6.29. The van der Waals surface area contributed by atoms with E-state index in [0.717, 1.165) is 43.5 Å². The Balaban J connectivity index is 1.95. The van der Waals surface area contributed by atoms with Gasteiger partial charge in [0.25, 0.3) is 0 Å². The minimum Gasteiger partial charge on any atom is -0.312 e. The molecular formula is C13H14N4O. The van der Waals surface area contributed by atoms with Gasteiger partial charge in [-0.15, -0.1) is 0 Å². The van der Waals surface area contributed by atoms with E-state index in [9.17, 15) is 4.79 Å². The van der Waals surface area contributed by atoms with Crippen LogP contribution in [0.4, 0.5) is 11.4 Å². The predicted octanol–water partition coefficient (Wildman–Crippen LogP) is 3.32. The highest BCUT2D eigenvalue weighted by atomic mass is 16.2. The molecule has 1 aliphatic heterocycles. The summed E-state index contributed by atoms with van der Waals surface area (Å²) in [4.78, 5) is 16.9. The molecule has 1 aromatic rings. The minimum absolute atomic E-state index is 0.243. The molecule has 5 nitrogen and oxygen atoms in total. The fourth-order valence-electron chi connectivity index (χ4n) is 2.48. The normalized spacial score (nSPS) is 17.9. The molecule has 0 atom stereocenters. The smallest absolute Gasteiger partial charge is 0.230 e. The van der Waals surface area contributed by atoms with Crippen LogP contribution in [-0.4, -0.2) is 12.5 Å². The maximum absolute atomic E-state index is 12.2. The maximum atomic E-state index is 12.2. The quantitative estimate of drug-likeness (QED) is 0.445. The average molecular weight is 242 g/mol. The summed E-state index contributed by atoms with van der Waals surface area (Å²) < 4.78 is 0. The van der Waals surface area contributed by atoms with Gasteiger partial charge < -0.3 is 4.90 Å². The summed E-state index contributed by atoms with van der Waals surface area (Å²) in [5, 5.41) is 3.61. The minimum atomic E-state index is 0.243. The summed E-state index contributed by atoms with van der Waals surface area (Å²) in [6.07, 6.45) is 3.98. The van der Waals surface area contributed by atoms with Crippen LogP contribution < -0.4 is 4.90 Å². The van der Waals surface area contributed by atoms with Crippen LogP contribution in [0.1, 0.15) is 24.8 Å². The standard InChI is InChI=1S/C13H14N4O/c14-16-15-11-5-6-12-10(8-11)2-1-7-17(12)13(18)9-3-4-9/h5-6,8-9H,1-4,7H2. The van der Waals surface area contributed by atoms with Crippen LogP contribution in [0.2, 0.25) is 0 Å². The monoisotopic (exact) mass is 242 g/mol. The number of anilines is 1. The van der Waals surface area contributed by atoms with E-state index < -0.39 is 0 Å². The molecule has 0 bridgehead atoms. The van der Waals surface area contributed by atoms with Crippen molar-refractivity contribution >= 4 is 17.3 Å². The third-order valence-electron chi connectivity index (χ3n) is 3.53. The second-order valence-electron chi connectivity index (χ2n) is 4.87. The molecule has 1 heterocycles. The Morgan fingerprint density at radius 1 is 1.44 bits per heavy atom. The van der Waals surface area contributed by atoms with Crippen LogP contribution in [0.25, 0.3) is 10.4 Å². The maximum Gasteiger partial charge on any atom is 0.230 e. The molecule has 1 amide bonds. The van der Waals surface area contributed by atoms with Gasteiger partial charge in [-0.25, -0.2) is 0 Å². The Morgan fingerprint density at radius 2 is 2.28 bits per heavy atom. The number of hydrogen-bond acceptors (Lipinski definition) is 2. The number of nitrogens with zero attached hydrogens (tertiary/aromatic N) is 4. The molecule has 0 aromatic heterocycles. The summed E-state index contributed by atoms with van der Waals surface area (Å²) in [5.74, 6) is 0.500. The van der Waals surface area contributed by atoms with Crippen molar-refractivity contribution in [3.05, 3.63) is 34.2 Å². The zero-order valence-electron chi connectivity index (χ0n) is 10.0. The molecule has 0 radical (unpaired) electrons. The van der Waals surface area contributed by atoms with Gasteiger partial charge in [0.1, 0.15) is 0 Å². The van der Waals surface area contributed by atoms with E-state index >= 15 is 0 Å². The first kappa shape index (κ1) is 11.1. The lowest BCUT2D eigenvalue weighted by molar-refractivity contribution is -0.119. The summed E-state index contributed by atoms with van der Waals surface area (Å²) >= 11 is 0. The fraction of sp³-hybridized carbons (Fsp3) is 0.462. The third-order valence-corrected chi connectivity index (χ3v) is 3.53. The number of hydrogen-bond donors (Lipinski definition) is 0. The van der Waals surface area contributed by atoms with Crippen molar-refractivity contribution in [3.8, 4) is 0 Å². The molecule has 0 spiro atoms. The van der Waals surface area contributed by atoms with Crippen molar-refractivity contribution in [1.29, 1.82) is 0 Å². The van der Waals surface area contributed by atoms with Crippen molar-refractivity contribution < 1.29 is 4.79 Å². The first-order valence-corrected chi connectivity index (χ1v) is 6.29. The van der Waals surface area contributed by atoms with Crippen LogP contribution >= 0.6 is 0 Å². The molecule has 0 saturated heterocycles. The van der Waals surface area contributed by atoms with Crippen molar-refractivity contribution in [2.75, 3.05) is 11.4 Å². The number of carbonyl (C=O) groups is 1. The first-order chi connectivity index (χ1) is 8.79. The lowest BCUT2D eigenvalue weighted by atomic mass is 10.0. The predicted molar refractivity (Wildman–Crippen MR) is 68.6 cm³/mol. The van der Waals surface area contributed by atoms with Crippen LogP contribution in [0.15, 0.2) is 23.3 Å². The lowest BCUT2D eigenvalue weighted by Crippen LogP contribution is -2.36. The second-order valence-corrected chi connectivity index (χ2v) is 4.87. The van der Waals surface area contributed by atoms with Gasteiger partial charge >= 0.3 is 0 Å². The zero-order valence-corrected chi connectivity index (χ0v) is 10.0. The number of aryl methyl sites for hydroxylation is 1. The van der Waals surface area contributed by atoms with Crippen molar-refractivity contribution in [2.24, 2.45) is 11.0 Å². The largest absolute Gasteiger partial charge is 0.312 e. The van der Waals surface area contributed by atoms with Gasteiger partial charge in [-0.3, -0.25) is 4.79 Å². The van der Waals surface area contributed by atoms with Gasteiger partial charge in [-0.1, -0.05) is 11.2 Å². The van der Waals surface area contributed by atoms with E-state index in [4.69, 9.17) is 5.53 Å². The van der Waals surface area contributed by atoms with Crippen molar-refractivity contribution in [1.82, 2.24) is 0 Å². The average Bonchev–Trinajstić information content (AvgIpc) is 3.21.